The zero-order valence-corrected chi connectivity index (χ0v) is 16.8. The predicted octanol–water partition coefficient (Wildman–Crippen LogP) is 4.15. The number of carbonyl (C=O) groups excluding carboxylic acids is 1. The van der Waals surface area contributed by atoms with E-state index in [4.69, 9.17) is 4.74 Å². The molecule has 1 aromatic heterocycles. The highest BCUT2D eigenvalue weighted by Gasteiger charge is 2.05. The van der Waals surface area contributed by atoms with Crippen molar-refractivity contribution in [1.82, 2.24) is 9.97 Å². The summed E-state index contributed by atoms with van der Waals surface area (Å²) < 4.78 is 5.26. The van der Waals surface area contributed by atoms with Gasteiger partial charge in [0.2, 0.25) is 11.9 Å². The van der Waals surface area contributed by atoms with E-state index in [1.165, 1.54) is 12.5 Å². The van der Waals surface area contributed by atoms with Crippen molar-refractivity contribution in [3.05, 3.63) is 65.9 Å². The second-order valence-electron chi connectivity index (χ2n) is 6.63. The molecule has 0 bridgehead atoms. The maximum atomic E-state index is 11.2. The number of benzene rings is 2. The molecule has 0 aliphatic carbocycles. The van der Waals surface area contributed by atoms with Gasteiger partial charge in [0.15, 0.2) is 0 Å². The molecule has 0 aliphatic rings. The van der Waals surface area contributed by atoms with Gasteiger partial charge >= 0.3 is 0 Å². The van der Waals surface area contributed by atoms with Gasteiger partial charge in [0.05, 0.1) is 7.11 Å². The van der Waals surface area contributed by atoms with Gasteiger partial charge in [-0.3, -0.25) is 4.79 Å². The van der Waals surface area contributed by atoms with Crippen molar-refractivity contribution in [2.45, 2.75) is 20.3 Å². The van der Waals surface area contributed by atoms with E-state index in [1.54, 1.807) is 7.11 Å². The van der Waals surface area contributed by atoms with Crippen LogP contribution in [0.4, 0.5) is 23.1 Å². The normalized spacial score (nSPS) is 10.3. The summed E-state index contributed by atoms with van der Waals surface area (Å²) >= 11 is 0. The second-order valence-corrected chi connectivity index (χ2v) is 6.63. The third-order valence-electron chi connectivity index (χ3n) is 4.15. The van der Waals surface area contributed by atoms with Gasteiger partial charge in [0, 0.05) is 36.6 Å². The molecule has 7 nitrogen and oxygen atoms in total. The lowest BCUT2D eigenvalue weighted by atomic mass is 10.1. The van der Waals surface area contributed by atoms with Crippen LogP contribution < -0.4 is 20.7 Å². The summed E-state index contributed by atoms with van der Waals surface area (Å²) in [5.41, 5.74) is 3.55. The van der Waals surface area contributed by atoms with E-state index >= 15 is 0 Å². The van der Waals surface area contributed by atoms with Crippen LogP contribution >= 0.6 is 0 Å². The first-order valence-electron chi connectivity index (χ1n) is 9.39. The molecule has 3 aromatic rings. The zero-order valence-electron chi connectivity index (χ0n) is 16.8. The standard InChI is InChI=1S/C22H25N5O2/c1-15-12-21(23-11-10-17-6-4-9-20(13-17)29-3)27-22(24-15)26-19-8-5-7-18(14-19)25-16(2)28/h4-9,12-14H,10-11H2,1-3H3,(H,25,28)(H2,23,24,26,27). The first-order chi connectivity index (χ1) is 14.0. The number of methoxy groups -OCH3 is 1. The largest absolute Gasteiger partial charge is 0.497 e. The summed E-state index contributed by atoms with van der Waals surface area (Å²) in [6.07, 6.45) is 0.849. The van der Waals surface area contributed by atoms with Gasteiger partial charge in [-0.25, -0.2) is 4.98 Å². The Balaban J connectivity index is 1.64. The Hall–Kier alpha value is -3.61. The van der Waals surface area contributed by atoms with Crippen LogP contribution in [0.2, 0.25) is 0 Å². The van der Waals surface area contributed by atoms with Gasteiger partial charge in [0.25, 0.3) is 0 Å². The van der Waals surface area contributed by atoms with Gasteiger partial charge in [-0.1, -0.05) is 18.2 Å². The molecule has 0 saturated carbocycles. The number of hydrogen-bond acceptors (Lipinski definition) is 6. The third kappa shape index (κ3) is 6.21. The number of carbonyl (C=O) groups is 1. The van der Waals surface area contributed by atoms with Crippen molar-refractivity contribution in [3.8, 4) is 5.75 Å². The average molecular weight is 391 g/mol. The van der Waals surface area contributed by atoms with Gasteiger partial charge < -0.3 is 20.7 Å². The number of nitrogens with one attached hydrogen (secondary N) is 3. The van der Waals surface area contributed by atoms with E-state index in [-0.39, 0.29) is 5.91 Å². The Morgan fingerprint density at radius 1 is 1.03 bits per heavy atom. The average Bonchev–Trinajstić information content (AvgIpc) is 2.67. The summed E-state index contributed by atoms with van der Waals surface area (Å²) in [4.78, 5) is 20.2. The minimum Gasteiger partial charge on any atom is -0.497 e. The van der Waals surface area contributed by atoms with Crippen molar-refractivity contribution in [2.75, 3.05) is 29.6 Å². The van der Waals surface area contributed by atoms with Crippen LogP contribution in [-0.4, -0.2) is 29.5 Å². The number of amides is 1. The van der Waals surface area contributed by atoms with Gasteiger partial charge in [-0.05, 0) is 49.2 Å². The van der Waals surface area contributed by atoms with E-state index < -0.39 is 0 Å². The molecule has 0 spiro atoms. The molecule has 3 N–H and O–H groups in total. The van der Waals surface area contributed by atoms with Gasteiger partial charge in [0.1, 0.15) is 11.6 Å². The fraction of sp³-hybridized carbons (Fsp3) is 0.227. The SMILES string of the molecule is COc1cccc(CCNc2cc(C)nc(Nc3cccc(NC(C)=O)c3)n2)c1. The van der Waals surface area contributed by atoms with Crippen molar-refractivity contribution >= 4 is 29.0 Å². The first-order valence-corrected chi connectivity index (χ1v) is 9.39. The molecule has 29 heavy (non-hydrogen) atoms. The summed E-state index contributed by atoms with van der Waals surface area (Å²) in [7, 11) is 1.67. The van der Waals surface area contributed by atoms with E-state index in [1.807, 2.05) is 55.5 Å². The minimum atomic E-state index is -0.114. The number of ether oxygens (including phenoxy) is 1. The maximum Gasteiger partial charge on any atom is 0.229 e. The molecule has 0 atom stereocenters. The van der Waals surface area contributed by atoms with Gasteiger partial charge in [-0.2, -0.15) is 4.98 Å². The summed E-state index contributed by atoms with van der Waals surface area (Å²) in [5, 5.41) is 9.30. The number of hydrogen-bond donors (Lipinski definition) is 3. The monoisotopic (exact) mass is 391 g/mol. The van der Waals surface area contributed by atoms with Crippen LogP contribution in [0.5, 0.6) is 5.75 Å². The van der Waals surface area contributed by atoms with Crippen molar-refractivity contribution in [2.24, 2.45) is 0 Å². The molecule has 1 heterocycles. The Bertz CT molecular complexity index is 990. The van der Waals surface area contributed by atoms with Crippen LogP contribution in [0, 0.1) is 6.92 Å². The fourth-order valence-electron chi connectivity index (χ4n) is 2.88. The lowest BCUT2D eigenvalue weighted by Gasteiger charge is -2.11. The molecule has 0 radical (unpaired) electrons. The van der Waals surface area contributed by atoms with E-state index in [9.17, 15) is 4.79 Å². The molecule has 7 heteroatoms. The Kier molecular flexibility index (Phi) is 6.63. The number of rotatable bonds is 8. The minimum absolute atomic E-state index is 0.114. The summed E-state index contributed by atoms with van der Waals surface area (Å²) in [6.45, 7) is 4.14. The molecule has 3 rings (SSSR count). The molecule has 150 valence electrons. The number of aromatic nitrogens is 2. The van der Waals surface area contributed by atoms with Crippen molar-refractivity contribution in [3.63, 3.8) is 0 Å². The smallest absolute Gasteiger partial charge is 0.229 e. The molecular weight excluding hydrogens is 366 g/mol. The van der Waals surface area contributed by atoms with Crippen LogP contribution in [0.25, 0.3) is 0 Å². The van der Waals surface area contributed by atoms with E-state index in [0.29, 0.717) is 11.6 Å². The molecular formula is C22H25N5O2. The second kappa shape index (κ2) is 9.54. The number of aryl methyl sites for hydroxylation is 1. The van der Waals surface area contributed by atoms with Crippen LogP contribution in [0.15, 0.2) is 54.6 Å². The van der Waals surface area contributed by atoms with E-state index in [2.05, 4.69) is 32.0 Å². The lowest BCUT2D eigenvalue weighted by molar-refractivity contribution is -0.114. The molecule has 2 aromatic carbocycles. The molecule has 0 unspecified atom stereocenters. The molecule has 0 aliphatic heterocycles. The highest BCUT2D eigenvalue weighted by atomic mass is 16.5. The Morgan fingerprint density at radius 3 is 2.62 bits per heavy atom. The highest BCUT2D eigenvalue weighted by Crippen LogP contribution is 2.20. The summed E-state index contributed by atoms with van der Waals surface area (Å²) in [5.74, 6) is 1.99. The quantitative estimate of drug-likeness (QED) is 0.535. The first kappa shape index (κ1) is 20.1. The van der Waals surface area contributed by atoms with Crippen molar-refractivity contribution in [1.29, 1.82) is 0 Å². The number of anilines is 4. The van der Waals surface area contributed by atoms with Crippen LogP contribution in [0.1, 0.15) is 18.2 Å². The summed E-state index contributed by atoms with van der Waals surface area (Å²) in [6, 6.07) is 17.3. The third-order valence-corrected chi connectivity index (χ3v) is 4.15. The number of nitrogens with zero attached hydrogens (tertiary/aromatic N) is 2. The van der Waals surface area contributed by atoms with Crippen LogP contribution in [-0.2, 0) is 11.2 Å². The Morgan fingerprint density at radius 2 is 1.83 bits per heavy atom. The molecule has 0 fully saturated rings. The van der Waals surface area contributed by atoms with Crippen LogP contribution in [0.3, 0.4) is 0 Å². The fourth-order valence-corrected chi connectivity index (χ4v) is 2.88. The molecule has 0 saturated heterocycles. The molecule has 1 amide bonds. The Labute approximate surface area is 170 Å². The lowest BCUT2D eigenvalue weighted by Crippen LogP contribution is -2.09. The predicted molar refractivity (Wildman–Crippen MR) is 116 cm³/mol. The topological polar surface area (TPSA) is 88.2 Å². The maximum absolute atomic E-state index is 11.2. The highest BCUT2D eigenvalue weighted by molar-refractivity contribution is 5.89. The van der Waals surface area contributed by atoms with Crippen molar-refractivity contribution < 1.29 is 9.53 Å². The van der Waals surface area contributed by atoms with Gasteiger partial charge in [-0.15, -0.1) is 0 Å². The van der Waals surface area contributed by atoms with E-state index in [0.717, 1.165) is 35.9 Å². The zero-order chi connectivity index (χ0) is 20.6.